The molecule has 1 rings (SSSR count). The average Bonchev–Trinajstić information content (AvgIpc) is 2.30. The maximum Gasteiger partial charge on any atom is 0.138 e. The second kappa shape index (κ2) is 3.34. The molecule has 11 heavy (non-hydrogen) atoms. The Kier molecular flexibility index (Phi) is 2.65. The fraction of sp³-hybridized carbons (Fsp3) is 0.500. The minimum absolute atomic E-state index is 0.802. The third-order valence-corrected chi connectivity index (χ3v) is 2.78. The Morgan fingerprint density at radius 1 is 1.73 bits per heavy atom. The van der Waals surface area contributed by atoms with Crippen molar-refractivity contribution in [3.63, 3.8) is 0 Å². The quantitative estimate of drug-likeness (QED) is 0.663. The number of hydrogen-bond acceptors (Lipinski definition) is 3. The van der Waals surface area contributed by atoms with Crippen LogP contribution in [0.3, 0.4) is 0 Å². The normalized spacial score (nSPS) is 13.5. The van der Waals surface area contributed by atoms with Crippen LogP contribution in [-0.2, 0) is 6.42 Å². The zero-order valence-electron chi connectivity index (χ0n) is 6.79. The molecule has 0 saturated carbocycles. The molecule has 1 aromatic rings. The highest BCUT2D eigenvalue weighted by molar-refractivity contribution is 7.12. The molecule has 1 atom stereocenters. The van der Waals surface area contributed by atoms with E-state index in [4.69, 9.17) is 10.8 Å². The molecule has 0 aliphatic heterocycles. The summed E-state index contributed by atoms with van der Waals surface area (Å²) in [4.78, 5) is 2.12. The van der Waals surface area contributed by atoms with Crippen molar-refractivity contribution in [1.29, 1.82) is 0 Å². The smallest absolute Gasteiger partial charge is 0.138 e. The first kappa shape index (κ1) is 8.71. The molecular formula is C8H13NOS. The van der Waals surface area contributed by atoms with E-state index < -0.39 is 6.23 Å². The predicted molar refractivity (Wildman–Crippen MR) is 47.6 cm³/mol. The topological polar surface area (TPSA) is 46.2 Å². The molecule has 0 bridgehead atoms. The van der Waals surface area contributed by atoms with Crippen LogP contribution in [0.15, 0.2) is 6.07 Å². The van der Waals surface area contributed by atoms with E-state index in [-0.39, 0.29) is 0 Å². The first-order valence-corrected chi connectivity index (χ1v) is 4.49. The van der Waals surface area contributed by atoms with Gasteiger partial charge in [-0.1, -0.05) is 6.92 Å². The van der Waals surface area contributed by atoms with Crippen LogP contribution < -0.4 is 5.73 Å². The van der Waals surface area contributed by atoms with E-state index in [1.807, 2.05) is 6.92 Å². The summed E-state index contributed by atoms with van der Waals surface area (Å²) in [5.41, 5.74) is 6.54. The summed E-state index contributed by atoms with van der Waals surface area (Å²) in [6.07, 6.45) is 0.136. The van der Waals surface area contributed by atoms with Crippen LogP contribution in [0.5, 0.6) is 0 Å². The molecule has 0 spiro atoms. The fourth-order valence-corrected chi connectivity index (χ4v) is 2.11. The van der Waals surface area contributed by atoms with Crippen LogP contribution in [0.1, 0.15) is 28.5 Å². The number of thiophene rings is 1. The molecule has 2 nitrogen and oxygen atoms in total. The maximum absolute atomic E-state index is 9.14. The SMILES string of the molecule is CCc1cc(C)sc1C(N)O. The zero-order chi connectivity index (χ0) is 8.43. The molecule has 0 radical (unpaired) electrons. The van der Waals surface area contributed by atoms with Gasteiger partial charge in [0.25, 0.3) is 0 Å². The highest BCUT2D eigenvalue weighted by Gasteiger charge is 2.09. The van der Waals surface area contributed by atoms with E-state index in [1.54, 1.807) is 11.3 Å². The van der Waals surface area contributed by atoms with Gasteiger partial charge in [-0.25, -0.2) is 0 Å². The van der Waals surface area contributed by atoms with Crippen LogP contribution in [-0.4, -0.2) is 5.11 Å². The maximum atomic E-state index is 9.14. The largest absolute Gasteiger partial charge is 0.374 e. The van der Waals surface area contributed by atoms with Crippen molar-refractivity contribution in [2.24, 2.45) is 5.73 Å². The first-order valence-electron chi connectivity index (χ1n) is 3.68. The van der Waals surface area contributed by atoms with E-state index >= 15 is 0 Å². The van der Waals surface area contributed by atoms with E-state index in [1.165, 1.54) is 10.4 Å². The number of aliphatic hydroxyl groups is 1. The van der Waals surface area contributed by atoms with Crippen molar-refractivity contribution in [3.05, 3.63) is 21.4 Å². The molecule has 1 heterocycles. The monoisotopic (exact) mass is 171 g/mol. The number of nitrogens with two attached hydrogens (primary N) is 1. The van der Waals surface area contributed by atoms with Crippen molar-refractivity contribution in [2.75, 3.05) is 0 Å². The predicted octanol–water partition coefficient (Wildman–Crippen LogP) is 1.57. The summed E-state index contributed by atoms with van der Waals surface area (Å²) in [6, 6.07) is 2.08. The lowest BCUT2D eigenvalue weighted by Gasteiger charge is -2.02. The molecule has 1 aromatic heterocycles. The summed E-state index contributed by atoms with van der Waals surface area (Å²) in [5, 5.41) is 9.14. The van der Waals surface area contributed by atoms with Gasteiger partial charge in [-0.2, -0.15) is 0 Å². The number of aliphatic hydroxyl groups excluding tert-OH is 1. The van der Waals surface area contributed by atoms with Crippen molar-refractivity contribution in [3.8, 4) is 0 Å². The van der Waals surface area contributed by atoms with Crippen LogP contribution in [0.25, 0.3) is 0 Å². The summed E-state index contributed by atoms with van der Waals surface area (Å²) >= 11 is 1.57. The average molecular weight is 171 g/mol. The van der Waals surface area contributed by atoms with E-state index in [9.17, 15) is 0 Å². The Labute approximate surface area is 70.7 Å². The standard InChI is InChI=1S/C8H13NOS/c1-3-6-4-5(2)11-7(6)8(9)10/h4,8,10H,3,9H2,1-2H3. The van der Waals surface area contributed by atoms with Crippen LogP contribution in [0.2, 0.25) is 0 Å². The van der Waals surface area contributed by atoms with Crippen LogP contribution in [0.4, 0.5) is 0 Å². The lowest BCUT2D eigenvalue weighted by Crippen LogP contribution is -2.08. The number of rotatable bonds is 2. The van der Waals surface area contributed by atoms with Gasteiger partial charge in [0.15, 0.2) is 0 Å². The molecule has 0 aliphatic rings. The summed E-state index contributed by atoms with van der Waals surface area (Å²) < 4.78 is 0. The second-order valence-electron chi connectivity index (χ2n) is 2.54. The molecule has 0 amide bonds. The summed E-state index contributed by atoms with van der Waals surface area (Å²) in [5.74, 6) is 0. The molecular weight excluding hydrogens is 158 g/mol. The Morgan fingerprint density at radius 2 is 2.36 bits per heavy atom. The molecule has 0 fully saturated rings. The van der Waals surface area contributed by atoms with Gasteiger partial charge in [-0.15, -0.1) is 11.3 Å². The lowest BCUT2D eigenvalue weighted by atomic mass is 10.2. The van der Waals surface area contributed by atoms with Crippen LogP contribution in [0, 0.1) is 6.92 Å². The summed E-state index contributed by atoms with van der Waals surface area (Å²) in [7, 11) is 0. The third kappa shape index (κ3) is 1.80. The molecule has 3 N–H and O–H groups in total. The van der Waals surface area contributed by atoms with Gasteiger partial charge < -0.3 is 10.8 Å². The Bertz CT molecular complexity index is 242. The molecule has 0 aliphatic carbocycles. The Morgan fingerprint density at radius 3 is 2.73 bits per heavy atom. The minimum Gasteiger partial charge on any atom is -0.374 e. The van der Waals surface area contributed by atoms with Gasteiger partial charge in [0, 0.05) is 4.88 Å². The molecule has 0 aromatic carbocycles. The van der Waals surface area contributed by atoms with Crippen molar-refractivity contribution in [2.45, 2.75) is 26.5 Å². The van der Waals surface area contributed by atoms with E-state index in [2.05, 4.69) is 13.0 Å². The van der Waals surface area contributed by atoms with Gasteiger partial charge in [-0.3, -0.25) is 0 Å². The van der Waals surface area contributed by atoms with E-state index in [0.717, 1.165) is 11.3 Å². The Hall–Kier alpha value is -0.380. The lowest BCUT2D eigenvalue weighted by molar-refractivity contribution is 0.189. The minimum atomic E-state index is -0.802. The van der Waals surface area contributed by atoms with Crippen molar-refractivity contribution >= 4 is 11.3 Å². The first-order chi connectivity index (χ1) is 5.15. The van der Waals surface area contributed by atoms with Crippen molar-refractivity contribution < 1.29 is 5.11 Å². The third-order valence-electron chi connectivity index (χ3n) is 1.61. The van der Waals surface area contributed by atoms with Gasteiger partial charge in [0.05, 0.1) is 4.88 Å². The van der Waals surface area contributed by atoms with Gasteiger partial charge in [-0.05, 0) is 25.0 Å². The Balaban J connectivity index is 3.02. The fourth-order valence-electron chi connectivity index (χ4n) is 1.11. The highest BCUT2D eigenvalue weighted by Crippen LogP contribution is 2.25. The molecule has 62 valence electrons. The summed E-state index contributed by atoms with van der Waals surface area (Å²) in [6.45, 7) is 4.09. The molecule has 1 unspecified atom stereocenters. The van der Waals surface area contributed by atoms with Gasteiger partial charge in [0.2, 0.25) is 0 Å². The highest BCUT2D eigenvalue weighted by atomic mass is 32.1. The number of hydrogen-bond donors (Lipinski definition) is 2. The van der Waals surface area contributed by atoms with Crippen molar-refractivity contribution in [1.82, 2.24) is 0 Å². The van der Waals surface area contributed by atoms with Gasteiger partial charge in [0.1, 0.15) is 6.23 Å². The van der Waals surface area contributed by atoms with E-state index in [0.29, 0.717) is 0 Å². The zero-order valence-corrected chi connectivity index (χ0v) is 7.61. The molecule has 0 saturated heterocycles. The van der Waals surface area contributed by atoms with Crippen LogP contribution >= 0.6 is 11.3 Å². The van der Waals surface area contributed by atoms with Gasteiger partial charge >= 0.3 is 0 Å². The number of aryl methyl sites for hydroxylation is 2. The second-order valence-corrected chi connectivity index (χ2v) is 3.83. The molecule has 3 heteroatoms.